The van der Waals surface area contributed by atoms with Crippen molar-refractivity contribution < 1.29 is 28.2 Å². The molecule has 1 aromatic carbocycles. The van der Waals surface area contributed by atoms with Gasteiger partial charge in [0.2, 0.25) is 0 Å². The summed E-state index contributed by atoms with van der Waals surface area (Å²) in [4.78, 5) is 22.8. The number of benzene rings is 1. The molecule has 0 amide bonds. The van der Waals surface area contributed by atoms with Crippen LogP contribution in [0, 0.1) is 5.82 Å². The van der Waals surface area contributed by atoms with E-state index in [-0.39, 0.29) is 21.6 Å². The van der Waals surface area contributed by atoms with E-state index in [1.807, 2.05) is 0 Å². The number of aromatic nitrogens is 3. The lowest BCUT2D eigenvalue weighted by atomic mass is 10.1. The number of aliphatic hydroxyl groups is 1. The summed E-state index contributed by atoms with van der Waals surface area (Å²) in [5, 5.41) is 19.8. The van der Waals surface area contributed by atoms with Gasteiger partial charge in [0.25, 0.3) is 0 Å². The summed E-state index contributed by atoms with van der Waals surface area (Å²) in [5.41, 5.74) is -1.84. The first-order valence-electron chi connectivity index (χ1n) is 6.62. The summed E-state index contributed by atoms with van der Waals surface area (Å²) in [5.74, 6) is -3.07. The zero-order chi connectivity index (χ0) is 18.9. The number of halogens is 5. The van der Waals surface area contributed by atoms with E-state index in [1.165, 1.54) is 0 Å². The van der Waals surface area contributed by atoms with Crippen LogP contribution in [-0.2, 0) is 17.8 Å². The zero-order valence-corrected chi connectivity index (χ0v) is 13.7. The van der Waals surface area contributed by atoms with Crippen LogP contribution >= 0.6 is 23.2 Å². The van der Waals surface area contributed by atoms with Gasteiger partial charge < -0.3 is 10.2 Å². The smallest absolute Gasteiger partial charge is 0.355 e. The molecule has 25 heavy (non-hydrogen) atoms. The predicted molar refractivity (Wildman–Crippen MR) is 80.9 cm³/mol. The Kier molecular flexibility index (Phi) is 5.76. The molecule has 0 fully saturated rings. The first kappa shape index (κ1) is 19.3. The molecule has 0 bridgehead atoms. The van der Waals surface area contributed by atoms with Crippen molar-refractivity contribution in [3.05, 3.63) is 44.8 Å². The Morgan fingerprint density at radius 2 is 2.00 bits per heavy atom. The molecule has 0 saturated heterocycles. The fraction of sp³-hybridized carbons (Fsp3) is 0.308. The van der Waals surface area contributed by atoms with E-state index in [0.29, 0.717) is 4.68 Å². The maximum atomic E-state index is 14.1. The third kappa shape index (κ3) is 3.80. The highest BCUT2D eigenvalue weighted by Crippen LogP contribution is 2.25. The number of carbonyl (C=O) groups is 1. The first-order chi connectivity index (χ1) is 11.7. The van der Waals surface area contributed by atoms with Crippen LogP contribution in [0.15, 0.2) is 16.9 Å². The molecule has 0 aliphatic carbocycles. The van der Waals surface area contributed by atoms with Gasteiger partial charge in [-0.15, -0.1) is 16.7 Å². The molecule has 1 heterocycles. The average Bonchev–Trinajstić information content (AvgIpc) is 2.86. The third-order valence-corrected chi connectivity index (χ3v) is 3.92. The van der Waals surface area contributed by atoms with Crippen LogP contribution in [0.2, 0.25) is 5.02 Å². The van der Waals surface area contributed by atoms with Crippen molar-refractivity contribution in [3.8, 4) is 5.69 Å². The van der Waals surface area contributed by atoms with Crippen molar-refractivity contribution in [2.75, 3.05) is 0 Å². The molecule has 0 radical (unpaired) electrons. The van der Waals surface area contributed by atoms with Crippen molar-refractivity contribution in [1.82, 2.24) is 14.3 Å². The van der Waals surface area contributed by atoms with Crippen molar-refractivity contribution in [1.29, 1.82) is 0 Å². The maximum absolute atomic E-state index is 14.1. The van der Waals surface area contributed by atoms with Crippen LogP contribution in [-0.4, -0.2) is 35.9 Å². The summed E-state index contributed by atoms with van der Waals surface area (Å²) in [6.45, 7) is -4.27. The van der Waals surface area contributed by atoms with E-state index in [0.717, 1.165) is 12.1 Å². The standard InChI is InChI=1S/C13H10Cl2F3N3O4/c14-6-3-8(16)9(2-5(6)1-7(15)11(23)24)21-13(25)20(12(17)18)10(4-22)19-21/h2-3,7,12,22H,1,4H2,(H,23,24). The van der Waals surface area contributed by atoms with E-state index < -0.39 is 47.5 Å². The highest BCUT2D eigenvalue weighted by molar-refractivity contribution is 6.32. The minimum atomic E-state index is -3.29. The minimum absolute atomic E-state index is 0.0736. The summed E-state index contributed by atoms with van der Waals surface area (Å²) >= 11 is 11.4. The number of aliphatic hydroxyl groups excluding tert-OH is 1. The van der Waals surface area contributed by atoms with Gasteiger partial charge in [-0.3, -0.25) is 4.79 Å². The molecule has 1 unspecified atom stereocenters. The summed E-state index contributed by atoms with van der Waals surface area (Å²) in [7, 11) is 0. The Hall–Kier alpha value is -2.04. The molecule has 1 aromatic heterocycles. The van der Waals surface area contributed by atoms with E-state index in [9.17, 15) is 22.8 Å². The number of hydrogen-bond donors (Lipinski definition) is 2. The lowest BCUT2D eigenvalue weighted by Gasteiger charge is -2.10. The largest absolute Gasteiger partial charge is 0.480 e. The molecule has 0 saturated carbocycles. The normalized spacial score (nSPS) is 12.6. The monoisotopic (exact) mass is 399 g/mol. The number of carboxylic acid groups (broad SMARTS) is 1. The molecule has 2 aromatic rings. The van der Waals surface area contributed by atoms with Gasteiger partial charge in [0.15, 0.2) is 11.6 Å². The third-order valence-electron chi connectivity index (χ3n) is 3.23. The Morgan fingerprint density at radius 1 is 1.36 bits per heavy atom. The quantitative estimate of drug-likeness (QED) is 0.723. The molecule has 0 aliphatic heterocycles. The van der Waals surface area contributed by atoms with Crippen LogP contribution in [0.3, 0.4) is 0 Å². The van der Waals surface area contributed by atoms with Gasteiger partial charge in [-0.05, 0) is 17.7 Å². The molecular weight excluding hydrogens is 390 g/mol. The number of nitrogens with zero attached hydrogens (tertiary/aromatic N) is 3. The van der Waals surface area contributed by atoms with Crippen LogP contribution in [0.4, 0.5) is 13.2 Å². The van der Waals surface area contributed by atoms with Gasteiger partial charge >= 0.3 is 18.2 Å². The fourth-order valence-electron chi connectivity index (χ4n) is 2.06. The first-order valence-corrected chi connectivity index (χ1v) is 7.43. The van der Waals surface area contributed by atoms with Crippen molar-refractivity contribution >= 4 is 29.2 Å². The molecule has 0 aliphatic rings. The van der Waals surface area contributed by atoms with Gasteiger partial charge in [0.05, 0.1) is 0 Å². The molecular formula is C13H10Cl2F3N3O4. The fourth-order valence-corrected chi connectivity index (χ4v) is 2.45. The summed E-state index contributed by atoms with van der Waals surface area (Å²) in [6, 6.07) is 1.77. The minimum Gasteiger partial charge on any atom is -0.480 e. The second kappa shape index (κ2) is 7.46. The van der Waals surface area contributed by atoms with Crippen LogP contribution in [0.5, 0.6) is 0 Å². The Bertz CT molecular complexity index is 869. The van der Waals surface area contributed by atoms with Gasteiger partial charge in [-0.1, -0.05) is 11.6 Å². The molecule has 136 valence electrons. The van der Waals surface area contributed by atoms with Crippen LogP contribution < -0.4 is 5.69 Å². The highest BCUT2D eigenvalue weighted by atomic mass is 35.5. The second-order valence-electron chi connectivity index (χ2n) is 4.82. The van der Waals surface area contributed by atoms with Gasteiger partial charge in [-0.25, -0.2) is 13.8 Å². The topological polar surface area (TPSA) is 97.3 Å². The Balaban J connectivity index is 2.60. The van der Waals surface area contributed by atoms with Crippen molar-refractivity contribution in [3.63, 3.8) is 0 Å². The van der Waals surface area contributed by atoms with E-state index >= 15 is 0 Å². The second-order valence-corrected chi connectivity index (χ2v) is 5.76. The zero-order valence-electron chi connectivity index (χ0n) is 12.2. The van der Waals surface area contributed by atoms with E-state index in [4.69, 9.17) is 33.4 Å². The van der Waals surface area contributed by atoms with Crippen molar-refractivity contribution in [2.45, 2.75) is 25.0 Å². The SMILES string of the molecule is O=C(O)C(Cl)Cc1cc(-n2nc(CO)n(C(F)F)c2=O)c(F)cc1Cl. The number of aliphatic carboxylic acids is 1. The molecule has 2 N–H and O–H groups in total. The Morgan fingerprint density at radius 3 is 2.48 bits per heavy atom. The maximum Gasteiger partial charge on any atom is 0.355 e. The Labute approximate surface area is 147 Å². The van der Waals surface area contributed by atoms with Crippen molar-refractivity contribution in [2.24, 2.45) is 0 Å². The van der Waals surface area contributed by atoms with Crippen LogP contribution in [0.25, 0.3) is 5.69 Å². The predicted octanol–water partition coefficient (Wildman–Crippen LogP) is 1.95. The molecule has 7 nitrogen and oxygen atoms in total. The summed E-state index contributed by atoms with van der Waals surface area (Å²) < 4.78 is 40.2. The van der Waals surface area contributed by atoms with E-state index in [2.05, 4.69) is 5.10 Å². The lowest BCUT2D eigenvalue weighted by molar-refractivity contribution is -0.136. The number of carboxylic acids is 1. The average molecular weight is 400 g/mol. The lowest BCUT2D eigenvalue weighted by Crippen LogP contribution is -2.26. The van der Waals surface area contributed by atoms with Gasteiger partial charge in [-0.2, -0.15) is 13.5 Å². The highest BCUT2D eigenvalue weighted by Gasteiger charge is 2.24. The van der Waals surface area contributed by atoms with Gasteiger partial charge in [0.1, 0.15) is 17.7 Å². The molecule has 12 heteroatoms. The molecule has 0 spiro atoms. The van der Waals surface area contributed by atoms with E-state index in [1.54, 1.807) is 0 Å². The number of hydrogen-bond acceptors (Lipinski definition) is 4. The molecule has 1 atom stereocenters. The number of rotatable bonds is 6. The molecule has 2 rings (SSSR count). The van der Waals surface area contributed by atoms with Crippen LogP contribution in [0.1, 0.15) is 17.9 Å². The van der Waals surface area contributed by atoms with Gasteiger partial charge in [0, 0.05) is 11.4 Å². The summed E-state index contributed by atoms with van der Waals surface area (Å²) in [6.07, 6.45) is -0.305. The number of alkyl halides is 3.